The number of aromatic nitrogens is 3. The number of hydrogen-bond acceptors (Lipinski definition) is 4. The summed E-state index contributed by atoms with van der Waals surface area (Å²) in [6.45, 7) is -0.377. The fraction of sp³-hybridized carbons (Fsp3) is 0.167. The fourth-order valence-corrected chi connectivity index (χ4v) is 1.81. The number of aliphatic carboxylic acids is 1. The molecule has 1 aromatic carbocycles. The predicted octanol–water partition coefficient (Wildman–Crippen LogP) is 1.26. The molecule has 0 aliphatic heterocycles. The first-order valence-corrected chi connectivity index (χ1v) is 6.31. The zero-order valence-electron chi connectivity index (χ0n) is 10.8. The summed E-state index contributed by atoms with van der Waals surface area (Å²) in [5.41, 5.74) is 0.389. The van der Waals surface area contributed by atoms with E-state index in [1.807, 2.05) is 0 Å². The number of carbonyl (C=O) groups excluding carboxylic acids is 1. The predicted molar refractivity (Wildman–Crippen MR) is 75.1 cm³/mol. The van der Waals surface area contributed by atoms with Crippen LogP contribution < -0.4 is 10.2 Å². The van der Waals surface area contributed by atoms with E-state index in [0.29, 0.717) is 16.5 Å². The third kappa shape index (κ3) is 4.18. The van der Waals surface area contributed by atoms with Crippen LogP contribution >= 0.6 is 11.6 Å². The average molecular weight is 310 g/mol. The van der Waals surface area contributed by atoms with Crippen LogP contribution in [0.25, 0.3) is 0 Å². The van der Waals surface area contributed by atoms with Crippen LogP contribution in [0.15, 0.2) is 30.6 Å². The van der Waals surface area contributed by atoms with Gasteiger partial charge in [-0.05, 0) is 18.2 Å². The van der Waals surface area contributed by atoms with E-state index in [2.05, 4.69) is 20.5 Å². The Morgan fingerprint density at radius 3 is 2.86 bits per heavy atom. The third-order valence-corrected chi connectivity index (χ3v) is 2.77. The SMILES string of the molecule is O=C(O)CN(C(=O)NCc1ncn[nH]1)c1cccc(Cl)c1. The highest BCUT2D eigenvalue weighted by Gasteiger charge is 2.19. The van der Waals surface area contributed by atoms with Gasteiger partial charge in [0.05, 0.1) is 6.54 Å². The molecule has 0 fully saturated rings. The highest BCUT2D eigenvalue weighted by molar-refractivity contribution is 6.30. The van der Waals surface area contributed by atoms with E-state index in [-0.39, 0.29) is 6.54 Å². The van der Waals surface area contributed by atoms with Crippen LogP contribution in [0.3, 0.4) is 0 Å². The second kappa shape index (κ2) is 6.71. The molecule has 2 amide bonds. The second-order valence-electron chi connectivity index (χ2n) is 4.05. The number of nitrogens with one attached hydrogen (secondary N) is 2. The molecule has 1 heterocycles. The zero-order valence-corrected chi connectivity index (χ0v) is 11.5. The summed E-state index contributed by atoms with van der Waals surface area (Å²) in [5.74, 6) is -0.672. The first-order chi connectivity index (χ1) is 10.1. The van der Waals surface area contributed by atoms with Gasteiger partial charge in [0.2, 0.25) is 0 Å². The molecule has 21 heavy (non-hydrogen) atoms. The van der Waals surface area contributed by atoms with Gasteiger partial charge >= 0.3 is 12.0 Å². The van der Waals surface area contributed by atoms with Gasteiger partial charge in [0.15, 0.2) is 0 Å². The summed E-state index contributed by atoms with van der Waals surface area (Å²) in [4.78, 5) is 28.0. The summed E-state index contributed by atoms with van der Waals surface area (Å²) >= 11 is 5.86. The molecule has 2 rings (SSSR count). The van der Waals surface area contributed by atoms with Crippen molar-refractivity contribution in [3.05, 3.63) is 41.4 Å². The fourth-order valence-electron chi connectivity index (χ4n) is 1.63. The highest BCUT2D eigenvalue weighted by atomic mass is 35.5. The van der Waals surface area contributed by atoms with E-state index in [0.717, 1.165) is 4.90 Å². The van der Waals surface area contributed by atoms with Crippen molar-refractivity contribution < 1.29 is 14.7 Å². The molecule has 0 unspecified atom stereocenters. The molecule has 0 aliphatic carbocycles. The van der Waals surface area contributed by atoms with Crippen LogP contribution in [0.2, 0.25) is 5.02 Å². The van der Waals surface area contributed by atoms with Crippen molar-refractivity contribution in [2.24, 2.45) is 0 Å². The average Bonchev–Trinajstić information content (AvgIpc) is 2.95. The highest BCUT2D eigenvalue weighted by Crippen LogP contribution is 2.19. The summed E-state index contributed by atoms with van der Waals surface area (Å²) in [6.07, 6.45) is 1.31. The molecule has 0 spiro atoms. The van der Waals surface area contributed by atoms with Gasteiger partial charge in [-0.15, -0.1) is 0 Å². The van der Waals surface area contributed by atoms with Gasteiger partial charge < -0.3 is 10.4 Å². The van der Waals surface area contributed by atoms with Crippen molar-refractivity contribution in [3.63, 3.8) is 0 Å². The van der Waals surface area contributed by atoms with Crippen molar-refractivity contribution in [2.75, 3.05) is 11.4 Å². The van der Waals surface area contributed by atoms with Gasteiger partial charge in [-0.3, -0.25) is 14.8 Å². The molecular formula is C12H12ClN5O3. The molecule has 9 heteroatoms. The lowest BCUT2D eigenvalue weighted by Crippen LogP contribution is -2.42. The number of H-pyrrole nitrogens is 1. The zero-order chi connectivity index (χ0) is 15.2. The van der Waals surface area contributed by atoms with Gasteiger partial charge in [-0.2, -0.15) is 5.10 Å². The van der Waals surface area contributed by atoms with E-state index in [1.165, 1.54) is 12.4 Å². The number of aromatic amines is 1. The molecule has 0 bridgehead atoms. The maximum Gasteiger partial charge on any atom is 0.323 e. The summed E-state index contributed by atoms with van der Waals surface area (Å²) < 4.78 is 0. The maximum absolute atomic E-state index is 12.1. The Balaban J connectivity index is 2.11. The summed E-state index contributed by atoms with van der Waals surface area (Å²) in [7, 11) is 0. The lowest BCUT2D eigenvalue weighted by molar-refractivity contribution is -0.135. The van der Waals surface area contributed by atoms with Gasteiger partial charge in [0.1, 0.15) is 18.7 Å². The van der Waals surface area contributed by atoms with Crippen LogP contribution in [-0.4, -0.2) is 38.8 Å². The Morgan fingerprint density at radius 1 is 1.43 bits per heavy atom. The minimum atomic E-state index is -1.13. The summed E-state index contributed by atoms with van der Waals surface area (Å²) in [5, 5.41) is 18.1. The van der Waals surface area contributed by atoms with Crippen LogP contribution in [0.4, 0.5) is 10.5 Å². The second-order valence-corrected chi connectivity index (χ2v) is 4.49. The van der Waals surface area contributed by atoms with E-state index in [4.69, 9.17) is 16.7 Å². The molecule has 0 atom stereocenters. The van der Waals surface area contributed by atoms with Crippen LogP contribution in [0.1, 0.15) is 5.82 Å². The lowest BCUT2D eigenvalue weighted by Gasteiger charge is -2.21. The van der Waals surface area contributed by atoms with Crippen molar-refractivity contribution in [1.82, 2.24) is 20.5 Å². The molecule has 0 saturated heterocycles. The smallest absolute Gasteiger partial charge is 0.323 e. The number of urea groups is 1. The topological polar surface area (TPSA) is 111 Å². The molecule has 0 radical (unpaired) electrons. The number of anilines is 1. The number of rotatable bonds is 5. The normalized spacial score (nSPS) is 10.1. The first kappa shape index (κ1) is 14.8. The molecular weight excluding hydrogens is 298 g/mol. The maximum atomic E-state index is 12.1. The van der Waals surface area contributed by atoms with Gasteiger partial charge in [-0.1, -0.05) is 17.7 Å². The summed E-state index contributed by atoms with van der Waals surface area (Å²) in [6, 6.07) is 5.81. The third-order valence-electron chi connectivity index (χ3n) is 2.53. The number of nitrogens with zero attached hydrogens (tertiary/aromatic N) is 3. The Bertz CT molecular complexity index is 632. The molecule has 1 aromatic heterocycles. The molecule has 2 aromatic rings. The van der Waals surface area contributed by atoms with Crippen molar-refractivity contribution >= 4 is 29.3 Å². The first-order valence-electron chi connectivity index (χ1n) is 5.93. The minimum Gasteiger partial charge on any atom is -0.480 e. The minimum absolute atomic E-state index is 0.107. The van der Waals surface area contributed by atoms with E-state index >= 15 is 0 Å². The Morgan fingerprint density at radius 2 is 2.24 bits per heavy atom. The lowest BCUT2D eigenvalue weighted by atomic mass is 10.3. The van der Waals surface area contributed by atoms with E-state index in [9.17, 15) is 9.59 Å². The number of benzene rings is 1. The van der Waals surface area contributed by atoms with Gasteiger partial charge in [-0.25, -0.2) is 9.78 Å². The van der Waals surface area contributed by atoms with Crippen LogP contribution in [-0.2, 0) is 11.3 Å². The number of carbonyl (C=O) groups is 2. The number of halogens is 1. The molecule has 3 N–H and O–H groups in total. The number of carboxylic acids is 1. The largest absolute Gasteiger partial charge is 0.480 e. The number of amides is 2. The molecule has 8 nitrogen and oxygen atoms in total. The quantitative estimate of drug-likeness (QED) is 0.770. The number of carboxylic acid groups (broad SMARTS) is 1. The molecule has 110 valence electrons. The number of hydrogen-bond donors (Lipinski definition) is 3. The van der Waals surface area contributed by atoms with Gasteiger partial charge in [0, 0.05) is 10.7 Å². The standard InChI is InChI=1S/C12H12ClN5O3/c13-8-2-1-3-9(4-8)18(6-11(19)20)12(21)14-5-10-15-7-16-17-10/h1-4,7H,5-6H2,(H,14,21)(H,19,20)(H,15,16,17). The van der Waals surface area contributed by atoms with Gasteiger partial charge in [0.25, 0.3) is 0 Å². The Hall–Kier alpha value is -2.61. The van der Waals surface area contributed by atoms with E-state index < -0.39 is 18.5 Å². The Labute approximate surface area is 124 Å². The molecule has 0 aliphatic rings. The monoisotopic (exact) mass is 309 g/mol. The van der Waals surface area contributed by atoms with Crippen LogP contribution in [0.5, 0.6) is 0 Å². The van der Waals surface area contributed by atoms with Crippen LogP contribution in [0, 0.1) is 0 Å². The van der Waals surface area contributed by atoms with Crippen molar-refractivity contribution in [3.8, 4) is 0 Å². The van der Waals surface area contributed by atoms with Crippen molar-refractivity contribution in [2.45, 2.75) is 6.54 Å². The molecule has 0 saturated carbocycles. The van der Waals surface area contributed by atoms with Crippen molar-refractivity contribution in [1.29, 1.82) is 0 Å². The van der Waals surface area contributed by atoms with E-state index in [1.54, 1.807) is 18.2 Å². The Kier molecular flexibility index (Phi) is 4.72.